The van der Waals surface area contributed by atoms with E-state index in [1.165, 1.54) is 98.0 Å². The molecule has 0 atom stereocenters. The molecule has 4 aromatic heterocycles. The molecule has 0 amide bonds. The van der Waals surface area contributed by atoms with E-state index in [4.69, 9.17) is 0 Å². The van der Waals surface area contributed by atoms with Crippen molar-refractivity contribution >= 4 is 10.8 Å². The molecule has 0 unspecified atom stereocenters. The van der Waals surface area contributed by atoms with E-state index in [-0.39, 0.29) is 0 Å². The largest absolute Gasteiger partial charge is 0.219 e. The van der Waals surface area contributed by atoms with Gasteiger partial charge in [0.05, 0.1) is 10.8 Å². The second-order valence-corrected chi connectivity index (χ2v) is 15.7. The maximum atomic E-state index is 2.48. The molecule has 0 bridgehead atoms. The number of aromatic nitrogens is 4. The van der Waals surface area contributed by atoms with Crippen LogP contribution in [0.25, 0.3) is 66.9 Å². The van der Waals surface area contributed by atoms with Crippen LogP contribution in [0.2, 0.25) is 0 Å². The van der Waals surface area contributed by atoms with Crippen LogP contribution in [-0.2, 0) is 13.6 Å². The highest BCUT2D eigenvalue weighted by atomic mass is 15.0. The third-order valence-corrected chi connectivity index (χ3v) is 11.4. The van der Waals surface area contributed by atoms with Crippen LogP contribution in [0.3, 0.4) is 0 Å². The summed E-state index contributed by atoms with van der Waals surface area (Å²) in [4.78, 5) is 0. The summed E-state index contributed by atoms with van der Waals surface area (Å²) in [7, 11) is 2.07. The fourth-order valence-electron chi connectivity index (χ4n) is 8.22. The maximum absolute atomic E-state index is 2.48. The Kier molecular flexibility index (Phi) is 10.9. The van der Waals surface area contributed by atoms with Crippen LogP contribution in [0.15, 0.2) is 158 Å². The van der Waals surface area contributed by atoms with Gasteiger partial charge in [0.25, 0.3) is 0 Å². The summed E-state index contributed by atoms with van der Waals surface area (Å²) in [6.45, 7) is 12.1. The number of fused-ring (bicyclic) bond motifs is 1. The monoisotopic (exact) mass is 746 g/mol. The first kappa shape index (κ1) is 37.7. The predicted molar refractivity (Wildman–Crippen MR) is 233 cm³/mol. The Labute approximate surface area is 338 Å². The second-order valence-electron chi connectivity index (χ2n) is 15.7. The van der Waals surface area contributed by atoms with Crippen molar-refractivity contribution in [1.82, 2.24) is 0 Å². The molecule has 4 heterocycles. The van der Waals surface area contributed by atoms with Crippen LogP contribution in [-0.4, -0.2) is 0 Å². The van der Waals surface area contributed by atoms with Gasteiger partial charge in [0.1, 0.15) is 13.6 Å². The quantitative estimate of drug-likeness (QED) is 0.0925. The van der Waals surface area contributed by atoms with Crippen molar-refractivity contribution in [1.29, 1.82) is 0 Å². The van der Waals surface area contributed by atoms with E-state index in [9.17, 15) is 0 Å². The molecular weight excluding hydrogens is 693 g/mol. The van der Waals surface area contributed by atoms with Crippen LogP contribution in [0.1, 0.15) is 55.1 Å². The molecule has 0 N–H and O–H groups in total. The molecule has 0 saturated carbocycles. The van der Waals surface area contributed by atoms with Crippen LogP contribution in [0.5, 0.6) is 0 Å². The Bertz CT molecular complexity index is 2580. The number of nitrogens with zero attached hydrogens (tertiary/aromatic N) is 4. The lowest BCUT2D eigenvalue weighted by Gasteiger charge is -2.15. The SMILES string of the molecule is CCCCCC[n+]1ccc(-c2cc(C)[n+](-c3cccc4c(-[n+]5c(-c6ccc(C)cc6)cc(-c6cc[n+](C)cc6)cc5-c5ccc(C)cc5)cccc34)c(C)c2)cc1. The summed E-state index contributed by atoms with van der Waals surface area (Å²) < 4.78 is 9.30. The van der Waals surface area contributed by atoms with E-state index in [1.807, 2.05) is 0 Å². The van der Waals surface area contributed by atoms with Crippen molar-refractivity contribution in [2.75, 3.05) is 0 Å². The summed E-state index contributed by atoms with van der Waals surface area (Å²) in [6.07, 6.45) is 13.8. The molecule has 0 aliphatic heterocycles. The first-order chi connectivity index (χ1) is 27.8. The van der Waals surface area contributed by atoms with Gasteiger partial charge in [-0.15, -0.1) is 0 Å². The highest BCUT2D eigenvalue weighted by Gasteiger charge is 2.29. The summed E-state index contributed by atoms with van der Waals surface area (Å²) in [6, 6.07) is 49.8. The van der Waals surface area contributed by atoms with Gasteiger partial charge < -0.3 is 0 Å². The van der Waals surface area contributed by atoms with Crippen molar-refractivity contribution in [3.05, 3.63) is 181 Å². The van der Waals surface area contributed by atoms with Crippen molar-refractivity contribution in [2.24, 2.45) is 7.05 Å². The molecule has 0 aliphatic carbocycles. The second kappa shape index (κ2) is 16.5. The molecule has 0 fully saturated rings. The number of aryl methyl sites for hydroxylation is 6. The average molecular weight is 747 g/mol. The number of hydrogen-bond acceptors (Lipinski definition) is 0. The number of unbranched alkanes of at least 4 members (excludes halogenated alkanes) is 3. The molecule has 8 aromatic rings. The minimum Gasteiger partial charge on any atom is -0.208 e. The molecule has 57 heavy (non-hydrogen) atoms. The van der Waals surface area contributed by atoms with Gasteiger partial charge in [-0.25, -0.2) is 9.13 Å². The average Bonchev–Trinajstić information content (AvgIpc) is 3.23. The molecule has 0 saturated heterocycles. The van der Waals surface area contributed by atoms with Crippen LogP contribution < -0.4 is 18.3 Å². The Morgan fingerprint density at radius 2 is 0.895 bits per heavy atom. The van der Waals surface area contributed by atoms with Crippen molar-refractivity contribution in [3.63, 3.8) is 0 Å². The van der Waals surface area contributed by atoms with Gasteiger partial charge >= 0.3 is 0 Å². The van der Waals surface area contributed by atoms with Gasteiger partial charge in [-0.3, -0.25) is 0 Å². The lowest BCUT2D eigenvalue weighted by Crippen LogP contribution is -2.39. The van der Waals surface area contributed by atoms with Gasteiger partial charge in [0.2, 0.25) is 22.8 Å². The normalized spacial score (nSPS) is 11.3. The molecule has 0 spiro atoms. The van der Waals surface area contributed by atoms with Crippen molar-refractivity contribution in [3.8, 4) is 56.1 Å². The van der Waals surface area contributed by atoms with Crippen molar-refractivity contribution in [2.45, 2.75) is 66.8 Å². The van der Waals surface area contributed by atoms with Gasteiger partial charge in [-0.2, -0.15) is 9.13 Å². The van der Waals surface area contributed by atoms with E-state index in [1.54, 1.807) is 0 Å². The molecule has 4 heteroatoms. The molecule has 0 aliphatic rings. The van der Waals surface area contributed by atoms with Gasteiger partial charge in [0, 0.05) is 92.1 Å². The summed E-state index contributed by atoms with van der Waals surface area (Å²) in [5.41, 5.74) is 16.7. The van der Waals surface area contributed by atoms with Gasteiger partial charge in [-0.05, 0) is 78.9 Å². The zero-order chi connectivity index (χ0) is 39.5. The van der Waals surface area contributed by atoms with E-state index >= 15 is 0 Å². The van der Waals surface area contributed by atoms with Gasteiger partial charge in [0.15, 0.2) is 36.2 Å². The van der Waals surface area contributed by atoms with E-state index in [2.05, 4.69) is 218 Å². The van der Waals surface area contributed by atoms with Crippen molar-refractivity contribution < 1.29 is 18.3 Å². The third-order valence-electron chi connectivity index (χ3n) is 11.4. The molecule has 4 nitrogen and oxygen atoms in total. The third kappa shape index (κ3) is 7.91. The van der Waals surface area contributed by atoms with E-state index < -0.39 is 0 Å². The van der Waals surface area contributed by atoms with Crippen LogP contribution in [0.4, 0.5) is 0 Å². The topological polar surface area (TPSA) is 15.5 Å². The number of benzene rings is 4. The van der Waals surface area contributed by atoms with Gasteiger partial charge in [-0.1, -0.05) is 67.3 Å². The smallest absolute Gasteiger partial charge is 0.208 e. The molecule has 0 radical (unpaired) electrons. The first-order valence-electron chi connectivity index (χ1n) is 20.5. The predicted octanol–water partition coefficient (Wildman–Crippen LogP) is 11.0. The number of pyridine rings is 4. The lowest BCUT2D eigenvalue weighted by atomic mass is 9.97. The Balaban J connectivity index is 1.29. The number of hydrogen-bond donors (Lipinski definition) is 0. The Hall–Kier alpha value is -6.26. The Morgan fingerprint density at radius 1 is 0.421 bits per heavy atom. The lowest BCUT2D eigenvalue weighted by molar-refractivity contribution is -0.697. The summed E-state index contributed by atoms with van der Waals surface area (Å²) >= 11 is 0. The standard InChI is InChI=1S/C53H54N4/c1-7-8-9-10-29-55-32-27-43(28-33-55)46-34-40(4)56(41(5)35-46)50-15-11-14-49-48(50)13-12-16-51(49)57-52(44-21-17-38(2)18-22-44)36-47(42-25-30-54(6)31-26-42)37-53(57)45-23-19-39(3)20-24-45/h11-28,30-37H,7-10,29H2,1-6H3/q+4. The summed E-state index contributed by atoms with van der Waals surface area (Å²) in [5, 5.41) is 2.41. The number of rotatable bonds is 11. The molecule has 8 rings (SSSR count). The zero-order valence-electron chi connectivity index (χ0n) is 34.3. The zero-order valence-corrected chi connectivity index (χ0v) is 34.3. The maximum Gasteiger partial charge on any atom is 0.219 e. The van der Waals surface area contributed by atoms with E-state index in [0.717, 1.165) is 23.6 Å². The Morgan fingerprint density at radius 3 is 1.40 bits per heavy atom. The highest BCUT2D eigenvalue weighted by molar-refractivity contribution is 5.94. The highest BCUT2D eigenvalue weighted by Crippen LogP contribution is 2.33. The van der Waals surface area contributed by atoms with Crippen LogP contribution >= 0.6 is 0 Å². The van der Waals surface area contributed by atoms with E-state index in [0.29, 0.717) is 0 Å². The summed E-state index contributed by atoms with van der Waals surface area (Å²) in [5.74, 6) is 0. The molecule has 282 valence electrons. The fraction of sp³-hybridized carbons (Fsp3) is 0.208. The first-order valence-corrected chi connectivity index (χ1v) is 20.5. The molecule has 4 aromatic carbocycles. The van der Waals surface area contributed by atoms with Crippen LogP contribution in [0, 0.1) is 27.7 Å². The minimum atomic E-state index is 1.07. The minimum absolute atomic E-state index is 1.07. The molecular formula is C53H54N4+4. The fourth-order valence-corrected chi connectivity index (χ4v) is 8.22.